The monoisotopic (exact) mass is 628 g/mol. The molecule has 6 amide bonds. The number of hydrogen-bond donors (Lipinski definition) is 10. The van der Waals surface area contributed by atoms with Gasteiger partial charge in [-0.1, -0.05) is 0 Å². The maximum atomic E-state index is 12.8. The summed E-state index contributed by atoms with van der Waals surface area (Å²) in [7, 11) is 0. The molecule has 20 heteroatoms. The van der Waals surface area contributed by atoms with Crippen molar-refractivity contribution in [3.8, 4) is 0 Å². The Morgan fingerprint density at radius 2 is 1.55 bits per heavy atom. The number of carbonyl (C=O) groups is 8. The van der Waals surface area contributed by atoms with Gasteiger partial charge >= 0.3 is 11.9 Å². The van der Waals surface area contributed by atoms with Crippen molar-refractivity contribution in [1.29, 1.82) is 0 Å². The van der Waals surface area contributed by atoms with Crippen LogP contribution in [0.15, 0.2) is 4.99 Å². The summed E-state index contributed by atoms with van der Waals surface area (Å²) in [6.45, 7) is -0.650. The number of primary amides is 1. The van der Waals surface area contributed by atoms with Crippen molar-refractivity contribution in [3.63, 3.8) is 0 Å². The molecular weight excluding hydrogens is 588 g/mol. The molecule has 0 aromatic carbocycles. The second kappa shape index (κ2) is 18.5. The lowest BCUT2D eigenvalue weighted by Gasteiger charge is -2.26. The molecule has 0 radical (unpaired) electrons. The number of aliphatic imine (C=N–C) groups is 1. The molecule has 1 rings (SSSR count). The van der Waals surface area contributed by atoms with Gasteiger partial charge in [0.05, 0.1) is 25.6 Å². The maximum absolute atomic E-state index is 12.8. The van der Waals surface area contributed by atoms with Crippen molar-refractivity contribution in [2.45, 2.75) is 69.1 Å². The van der Waals surface area contributed by atoms with Crippen LogP contribution in [-0.2, 0) is 38.4 Å². The first-order valence-electron chi connectivity index (χ1n) is 13.6. The van der Waals surface area contributed by atoms with Crippen LogP contribution in [0.1, 0.15) is 44.9 Å². The number of carbonyl (C=O) groups excluding carboxylic acids is 6. The SMILES string of the molecule is NC(=O)C[C@H](NC(=O)CNC(=O)CNC(=O)[C@@H]1CCCN1C(=O)[C@@H](N)CCCN=C(N)N)C(=O)N[C@@H](CCC(=O)O)C(=O)O. The fraction of sp³-hybridized carbons (Fsp3) is 0.625. The van der Waals surface area contributed by atoms with Crippen LogP contribution in [0.4, 0.5) is 0 Å². The topological polar surface area (TPSA) is 345 Å². The molecule has 1 aliphatic rings. The molecule has 0 aromatic rings. The molecule has 1 fully saturated rings. The molecule has 0 spiro atoms. The van der Waals surface area contributed by atoms with Crippen molar-refractivity contribution in [2.75, 3.05) is 26.2 Å². The quantitative estimate of drug-likeness (QED) is 0.0363. The summed E-state index contributed by atoms with van der Waals surface area (Å²) in [5.41, 5.74) is 21.6. The fourth-order valence-electron chi connectivity index (χ4n) is 4.14. The summed E-state index contributed by atoms with van der Waals surface area (Å²) in [6, 6.07) is -4.96. The molecule has 4 atom stereocenters. The van der Waals surface area contributed by atoms with E-state index in [0.29, 0.717) is 32.4 Å². The summed E-state index contributed by atoms with van der Waals surface area (Å²) in [4.78, 5) is 101. The largest absolute Gasteiger partial charge is 0.481 e. The van der Waals surface area contributed by atoms with E-state index in [2.05, 4.69) is 20.9 Å². The molecule has 0 saturated carbocycles. The molecule has 1 heterocycles. The average Bonchev–Trinajstić information content (AvgIpc) is 3.43. The van der Waals surface area contributed by atoms with Crippen LogP contribution < -0.4 is 44.2 Å². The average molecular weight is 629 g/mol. The summed E-state index contributed by atoms with van der Waals surface area (Å²) in [5, 5.41) is 26.7. The van der Waals surface area contributed by atoms with Crippen LogP contribution in [0.2, 0.25) is 0 Å². The van der Waals surface area contributed by atoms with Crippen LogP contribution in [-0.4, -0.2) is 119 Å². The first kappa shape index (κ1) is 37.0. The van der Waals surface area contributed by atoms with Gasteiger partial charge in [-0.2, -0.15) is 0 Å². The third kappa shape index (κ3) is 13.8. The molecule has 20 nitrogen and oxygen atoms in total. The van der Waals surface area contributed by atoms with Crippen molar-refractivity contribution >= 4 is 53.3 Å². The zero-order valence-electron chi connectivity index (χ0n) is 24.0. The van der Waals surface area contributed by atoms with Gasteiger partial charge in [0, 0.05) is 19.5 Å². The van der Waals surface area contributed by atoms with E-state index in [1.807, 2.05) is 5.32 Å². The number of nitrogens with zero attached hydrogens (tertiary/aromatic N) is 2. The Labute approximate surface area is 251 Å². The first-order valence-corrected chi connectivity index (χ1v) is 13.6. The Hall–Kier alpha value is -5.01. The standard InChI is InChI=1S/C24H40N10O10/c25-12(3-1-7-29-24(27)28)22(42)34-8-2-4-15(34)21(41)31-10-17(36)30-11-18(37)32-14(9-16(26)35)20(40)33-13(23(43)44)5-6-19(38)39/h12-15H,1-11,25H2,(H2,26,35)(H,30,36)(H,31,41)(H,32,37)(H,33,40)(H,38,39)(H,43,44)(H4,27,28,29)/t12-,13-,14-,15-/m0/s1. The van der Waals surface area contributed by atoms with E-state index in [1.165, 1.54) is 4.90 Å². The number of guanidine groups is 1. The summed E-state index contributed by atoms with van der Waals surface area (Å²) >= 11 is 0. The number of nitrogens with one attached hydrogen (secondary N) is 4. The fourth-order valence-corrected chi connectivity index (χ4v) is 4.14. The van der Waals surface area contributed by atoms with Crippen LogP contribution in [0.3, 0.4) is 0 Å². The number of hydrogen-bond acceptors (Lipinski definition) is 10. The molecule has 1 saturated heterocycles. The Morgan fingerprint density at radius 3 is 2.14 bits per heavy atom. The zero-order valence-corrected chi connectivity index (χ0v) is 24.0. The number of carboxylic acids is 2. The summed E-state index contributed by atoms with van der Waals surface area (Å²) < 4.78 is 0. The van der Waals surface area contributed by atoms with E-state index in [-0.39, 0.29) is 12.4 Å². The molecule has 0 aromatic heterocycles. The van der Waals surface area contributed by atoms with Gasteiger partial charge in [0.1, 0.15) is 18.1 Å². The minimum absolute atomic E-state index is 0.0806. The highest BCUT2D eigenvalue weighted by Gasteiger charge is 2.36. The lowest BCUT2D eigenvalue weighted by atomic mass is 10.1. The lowest BCUT2D eigenvalue weighted by molar-refractivity contribution is -0.143. The summed E-state index contributed by atoms with van der Waals surface area (Å²) in [6.07, 6.45) is -0.116. The summed E-state index contributed by atoms with van der Waals surface area (Å²) in [5.74, 6) is -7.82. The normalized spacial score (nSPS) is 16.0. The van der Waals surface area contributed by atoms with E-state index < -0.39 is 104 Å². The van der Waals surface area contributed by atoms with E-state index in [0.717, 1.165) is 0 Å². The second-order valence-corrected chi connectivity index (χ2v) is 9.86. The maximum Gasteiger partial charge on any atom is 0.326 e. The van der Waals surface area contributed by atoms with Gasteiger partial charge in [0.15, 0.2) is 5.96 Å². The van der Waals surface area contributed by atoms with Gasteiger partial charge in [0.2, 0.25) is 35.4 Å². The predicted octanol–water partition coefficient (Wildman–Crippen LogP) is -5.61. The van der Waals surface area contributed by atoms with Crippen LogP contribution in [0.25, 0.3) is 0 Å². The smallest absolute Gasteiger partial charge is 0.326 e. The molecule has 0 unspecified atom stereocenters. The molecule has 0 aliphatic carbocycles. The van der Waals surface area contributed by atoms with Crippen LogP contribution in [0.5, 0.6) is 0 Å². The van der Waals surface area contributed by atoms with Gasteiger partial charge in [-0.3, -0.25) is 38.6 Å². The van der Waals surface area contributed by atoms with E-state index in [9.17, 15) is 43.5 Å². The highest BCUT2D eigenvalue weighted by atomic mass is 16.4. The predicted molar refractivity (Wildman–Crippen MR) is 151 cm³/mol. The van der Waals surface area contributed by atoms with Gasteiger partial charge < -0.3 is 59.3 Å². The molecule has 44 heavy (non-hydrogen) atoms. The molecular formula is C24H40N10O10. The highest BCUT2D eigenvalue weighted by molar-refractivity contribution is 5.95. The van der Waals surface area contributed by atoms with E-state index in [4.69, 9.17) is 28.0 Å². The number of aliphatic carboxylic acids is 2. The Bertz CT molecular complexity index is 1130. The third-order valence-corrected chi connectivity index (χ3v) is 6.31. The number of rotatable bonds is 19. The van der Waals surface area contributed by atoms with Crippen LogP contribution in [0, 0.1) is 0 Å². The van der Waals surface area contributed by atoms with E-state index >= 15 is 0 Å². The van der Waals surface area contributed by atoms with Crippen LogP contribution >= 0.6 is 0 Å². The molecule has 246 valence electrons. The van der Waals surface area contributed by atoms with Crippen molar-refractivity contribution < 1.29 is 48.6 Å². The minimum atomic E-state index is -1.62. The Balaban J connectivity index is 2.59. The second-order valence-electron chi connectivity index (χ2n) is 9.86. The van der Waals surface area contributed by atoms with Gasteiger partial charge in [-0.15, -0.1) is 0 Å². The minimum Gasteiger partial charge on any atom is -0.481 e. The first-order chi connectivity index (χ1) is 20.6. The Kier molecular flexibility index (Phi) is 15.6. The molecule has 0 bridgehead atoms. The third-order valence-electron chi connectivity index (χ3n) is 6.31. The van der Waals surface area contributed by atoms with Gasteiger partial charge in [0.25, 0.3) is 0 Å². The lowest BCUT2D eigenvalue weighted by Crippen LogP contribution is -2.54. The number of carboxylic acid groups (broad SMARTS) is 2. The Morgan fingerprint density at radius 1 is 0.886 bits per heavy atom. The number of nitrogens with two attached hydrogens (primary N) is 4. The number of amides is 6. The van der Waals surface area contributed by atoms with Crippen molar-refractivity contribution in [2.24, 2.45) is 27.9 Å². The highest BCUT2D eigenvalue weighted by Crippen LogP contribution is 2.19. The van der Waals surface area contributed by atoms with E-state index in [1.54, 1.807) is 0 Å². The number of likely N-dealkylation sites (tertiary alicyclic amines) is 1. The molecule has 1 aliphatic heterocycles. The van der Waals surface area contributed by atoms with Gasteiger partial charge in [-0.25, -0.2) is 4.79 Å². The van der Waals surface area contributed by atoms with Crippen molar-refractivity contribution in [1.82, 2.24) is 26.2 Å². The zero-order chi connectivity index (χ0) is 33.4. The van der Waals surface area contributed by atoms with Gasteiger partial charge in [-0.05, 0) is 32.1 Å². The molecule has 14 N–H and O–H groups in total. The van der Waals surface area contributed by atoms with Crippen molar-refractivity contribution in [3.05, 3.63) is 0 Å².